The van der Waals surface area contributed by atoms with Crippen molar-refractivity contribution in [2.75, 3.05) is 0 Å². The van der Waals surface area contributed by atoms with E-state index >= 15 is 0 Å². The molecule has 15 heavy (non-hydrogen) atoms. The molecule has 0 aliphatic rings. The van der Waals surface area contributed by atoms with Crippen LogP contribution in [-0.2, 0) is 10.7 Å². The highest BCUT2D eigenvalue weighted by atomic mass is 35.5. The van der Waals surface area contributed by atoms with Crippen molar-refractivity contribution in [2.24, 2.45) is 0 Å². The first-order valence-corrected chi connectivity index (χ1v) is 4.31. The number of halogens is 3. The third-order valence-electron chi connectivity index (χ3n) is 1.86. The molecule has 80 valence electrons. The van der Waals surface area contributed by atoms with E-state index in [1.54, 1.807) is 0 Å². The molecule has 0 radical (unpaired) electrons. The van der Waals surface area contributed by atoms with E-state index < -0.39 is 17.5 Å². The number of rotatable bonds is 3. The van der Waals surface area contributed by atoms with Crippen LogP contribution in [0.25, 0.3) is 6.08 Å². The van der Waals surface area contributed by atoms with Gasteiger partial charge in [-0.2, -0.15) is 8.78 Å². The second kappa shape index (κ2) is 3.98. The van der Waals surface area contributed by atoms with Crippen molar-refractivity contribution < 1.29 is 18.7 Å². The molecule has 1 aromatic carbocycles. The number of carboxylic acid groups (broad SMARTS) is 1. The van der Waals surface area contributed by atoms with Gasteiger partial charge in [0, 0.05) is 0 Å². The second-order valence-corrected chi connectivity index (χ2v) is 3.17. The van der Waals surface area contributed by atoms with Crippen molar-refractivity contribution in [1.29, 1.82) is 0 Å². The molecule has 0 fully saturated rings. The van der Waals surface area contributed by atoms with Crippen LogP contribution in [0.2, 0.25) is 5.02 Å². The Morgan fingerprint density at radius 2 is 2.13 bits per heavy atom. The van der Waals surface area contributed by atoms with Crippen molar-refractivity contribution in [3.63, 3.8) is 0 Å². The third kappa shape index (κ3) is 1.99. The Hall–Kier alpha value is -1.42. The Morgan fingerprint density at radius 1 is 1.53 bits per heavy atom. The van der Waals surface area contributed by atoms with Crippen LogP contribution in [0.15, 0.2) is 24.8 Å². The molecule has 0 aliphatic heterocycles. The van der Waals surface area contributed by atoms with Gasteiger partial charge in [-0.15, -0.1) is 0 Å². The minimum atomic E-state index is -3.99. The Kier molecular flexibility index (Phi) is 3.09. The molecule has 0 saturated heterocycles. The number of hydrogen-bond acceptors (Lipinski definition) is 1. The first kappa shape index (κ1) is 11.7. The summed E-state index contributed by atoms with van der Waals surface area (Å²) < 4.78 is 26.3. The van der Waals surface area contributed by atoms with Gasteiger partial charge in [0.25, 0.3) is 0 Å². The van der Waals surface area contributed by atoms with Gasteiger partial charge in [0.05, 0.1) is 10.6 Å². The van der Waals surface area contributed by atoms with Gasteiger partial charge >= 0.3 is 11.9 Å². The number of carbonyl (C=O) groups is 1. The molecule has 0 bridgehead atoms. The maximum absolute atomic E-state index is 13.1. The number of hydrogen-bond donors (Lipinski definition) is 1. The fraction of sp³-hybridized carbons (Fsp3) is 0.100. The Bertz CT molecular complexity index is 416. The Balaban J connectivity index is 3.38. The molecule has 0 heterocycles. The highest BCUT2D eigenvalue weighted by Gasteiger charge is 2.42. The zero-order valence-electron chi connectivity index (χ0n) is 7.51. The van der Waals surface area contributed by atoms with Gasteiger partial charge in [-0.05, 0) is 5.56 Å². The summed E-state index contributed by atoms with van der Waals surface area (Å²) in [6, 6.07) is 3.75. The molecular weight excluding hydrogens is 226 g/mol. The second-order valence-electron chi connectivity index (χ2n) is 2.79. The lowest BCUT2D eigenvalue weighted by Gasteiger charge is -2.14. The van der Waals surface area contributed by atoms with Crippen molar-refractivity contribution in [1.82, 2.24) is 0 Å². The largest absolute Gasteiger partial charge is 0.477 e. The SMILES string of the molecule is C=Cc1cccc(C(F)(F)C(=O)O)c1Cl. The normalized spacial score (nSPS) is 11.1. The van der Waals surface area contributed by atoms with Gasteiger partial charge in [0.2, 0.25) is 0 Å². The maximum atomic E-state index is 13.1. The molecule has 1 rings (SSSR count). The summed E-state index contributed by atoms with van der Waals surface area (Å²) in [5.41, 5.74) is -0.454. The van der Waals surface area contributed by atoms with E-state index in [1.165, 1.54) is 18.2 Å². The topological polar surface area (TPSA) is 37.3 Å². The number of benzene rings is 1. The van der Waals surface area contributed by atoms with E-state index in [0.717, 1.165) is 6.07 Å². The minimum Gasteiger partial charge on any atom is -0.477 e. The zero-order chi connectivity index (χ0) is 11.6. The van der Waals surface area contributed by atoms with Crippen LogP contribution in [0.3, 0.4) is 0 Å². The predicted octanol–water partition coefficient (Wildman–Crippen LogP) is 3.16. The number of aliphatic carboxylic acids is 1. The van der Waals surface area contributed by atoms with Crippen LogP contribution >= 0.6 is 11.6 Å². The molecule has 5 heteroatoms. The predicted molar refractivity (Wildman–Crippen MR) is 53.1 cm³/mol. The average Bonchev–Trinajstić information content (AvgIpc) is 2.17. The molecule has 1 N–H and O–H groups in total. The molecule has 0 aromatic heterocycles. The van der Waals surface area contributed by atoms with Crippen molar-refractivity contribution in [3.05, 3.63) is 40.9 Å². The first-order valence-electron chi connectivity index (χ1n) is 3.94. The highest BCUT2D eigenvalue weighted by molar-refractivity contribution is 6.33. The first-order chi connectivity index (χ1) is 6.91. The lowest BCUT2D eigenvalue weighted by Crippen LogP contribution is -2.25. The average molecular weight is 233 g/mol. The van der Waals surface area contributed by atoms with E-state index in [2.05, 4.69) is 6.58 Å². The van der Waals surface area contributed by atoms with Gasteiger partial charge in [0.1, 0.15) is 0 Å². The van der Waals surface area contributed by atoms with Crippen molar-refractivity contribution in [2.45, 2.75) is 5.92 Å². The van der Waals surface area contributed by atoms with E-state index in [9.17, 15) is 13.6 Å². The lowest BCUT2D eigenvalue weighted by atomic mass is 10.1. The van der Waals surface area contributed by atoms with Crippen molar-refractivity contribution >= 4 is 23.6 Å². The Morgan fingerprint density at radius 3 is 2.60 bits per heavy atom. The summed E-state index contributed by atoms with van der Waals surface area (Å²) in [5, 5.41) is 8.06. The van der Waals surface area contributed by atoms with Gasteiger partial charge in [-0.1, -0.05) is 42.5 Å². The summed E-state index contributed by atoms with van der Waals surface area (Å²) in [7, 11) is 0. The van der Waals surface area contributed by atoms with E-state index in [-0.39, 0.29) is 10.6 Å². The van der Waals surface area contributed by atoms with Gasteiger partial charge in [-0.25, -0.2) is 4.79 Å². The van der Waals surface area contributed by atoms with E-state index in [1.807, 2.05) is 0 Å². The molecular formula is C10H7ClF2O2. The van der Waals surface area contributed by atoms with Crippen LogP contribution in [0.4, 0.5) is 8.78 Å². The Labute approximate surface area is 89.8 Å². The van der Waals surface area contributed by atoms with Gasteiger partial charge in [-0.3, -0.25) is 0 Å². The summed E-state index contributed by atoms with van der Waals surface area (Å²) >= 11 is 5.62. The van der Waals surface area contributed by atoms with Crippen LogP contribution in [-0.4, -0.2) is 11.1 Å². The summed E-state index contributed by atoms with van der Waals surface area (Å²) in [4.78, 5) is 10.3. The number of carboxylic acids is 1. The van der Waals surface area contributed by atoms with E-state index in [4.69, 9.17) is 16.7 Å². The molecule has 0 spiro atoms. The fourth-order valence-electron chi connectivity index (χ4n) is 1.07. The summed E-state index contributed by atoms with van der Waals surface area (Å²) in [6.07, 6.45) is 1.28. The molecule has 0 unspecified atom stereocenters. The molecule has 0 saturated carbocycles. The quantitative estimate of drug-likeness (QED) is 0.869. The van der Waals surface area contributed by atoms with Gasteiger partial charge in [0.15, 0.2) is 0 Å². The highest BCUT2D eigenvalue weighted by Crippen LogP contribution is 2.35. The van der Waals surface area contributed by atoms with Crippen LogP contribution in [0, 0.1) is 0 Å². The van der Waals surface area contributed by atoms with Crippen LogP contribution < -0.4 is 0 Å². The molecule has 0 aliphatic carbocycles. The molecule has 1 aromatic rings. The third-order valence-corrected chi connectivity index (χ3v) is 2.28. The van der Waals surface area contributed by atoms with Gasteiger partial charge < -0.3 is 5.11 Å². The summed E-state index contributed by atoms with van der Waals surface area (Å²) in [6.45, 7) is 3.38. The monoisotopic (exact) mass is 232 g/mol. The summed E-state index contributed by atoms with van der Waals surface area (Å²) in [5.74, 6) is -6.22. The minimum absolute atomic E-state index is 0.273. The maximum Gasteiger partial charge on any atom is 0.379 e. The molecule has 2 nitrogen and oxygen atoms in total. The van der Waals surface area contributed by atoms with Crippen LogP contribution in [0.5, 0.6) is 0 Å². The zero-order valence-corrected chi connectivity index (χ0v) is 8.26. The number of alkyl halides is 2. The van der Waals surface area contributed by atoms with Crippen molar-refractivity contribution in [3.8, 4) is 0 Å². The lowest BCUT2D eigenvalue weighted by molar-refractivity contribution is -0.166. The molecule has 0 atom stereocenters. The van der Waals surface area contributed by atoms with E-state index in [0.29, 0.717) is 0 Å². The van der Waals surface area contributed by atoms with Crippen LogP contribution in [0.1, 0.15) is 11.1 Å². The fourth-order valence-corrected chi connectivity index (χ4v) is 1.39. The smallest absolute Gasteiger partial charge is 0.379 e. The molecule has 0 amide bonds. The standard InChI is InChI=1S/C10H7ClF2O2/c1-2-6-4-3-5-7(8(6)11)10(12,13)9(14)15/h2-5H,1H2,(H,14,15).